The number of thiazole rings is 1. The number of aryl methyl sites for hydroxylation is 1. The first-order valence-corrected chi connectivity index (χ1v) is 11.3. The smallest absolute Gasteiger partial charge is 0.262 e. The molecule has 2 aromatic carbocycles. The average molecular weight is 394 g/mol. The van der Waals surface area contributed by atoms with Crippen LogP contribution in [0.1, 0.15) is 31.7 Å². The Morgan fingerprint density at radius 1 is 1.00 bits per heavy atom. The third-order valence-electron chi connectivity index (χ3n) is 4.65. The van der Waals surface area contributed by atoms with E-state index in [1.54, 1.807) is 0 Å². The molecule has 1 aromatic heterocycles. The van der Waals surface area contributed by atoms with Crippen LogP contribution in [0.3, 0.4) is 0 Å². The van der Waals surface area contributed by atoms with Crippen LogP contribution in [0.25, 0.3) is 16.3 Å². The SMILES string of the molecule is CCCN1C(=CC=Cc2sc3ccccc3[n+]2CCC)Sc2ccccc21. The molecule has 0 aliphatic carbocycles. The quantitative estimate of drug-likeness (QED) is 0.443. The van der Waals surface area contributed by atoms with E-state index < -0.39 is 0 Å². The number of hydrogen-bond donors (Lipinski definition) is 0. The van der Waals surface area contributed by atoms with Crippen molar-refractivity contribution in [2.75, 3.05) is 11.4 Å². The van der Waals surface area contributed by atoms with Crippen molar-refractivity contribution in [2.45, 2.75) is 38.1 Å². The van der Waals surface area contributed by atoms with Crippen LogP contribution in [-0.2, 0) is 6.54 Å². The van der Waals surface area contributed by atoms with Crippen LogP contribution in [0.2, 0.25) is 0 Å². The number of allylic oxidation sites excluding steroid dienone is 2. The standard InChI is InChI=1S/C23H25N2S2/c1-3-16-24-18-10-5-7-12-20(18)26-22(24)14-9-15-23-25(17-4-2)19-11-6-8-13-21(19)27-23/h5-15H,3-4,16-17H2,1-2H3/q+1. The molecule has 0 spiro atoms. The second-order valence-electron chi connectivity index (χ2n) is 6.65. The summed E-state index contributed by atoms with van der Waals surface area (Å²) in [7, 11) is 0. The molecule has 0 atom stereocenters. The van der Waals surface area contributed by atoms with Crippen molar-refractivity contribution in [1.29, 1.82) is 0 Å². The van der Waals surface area contributed by atoms with Crippen LogP contribution in [0.5, 0.6) is 0 Å². The number of anilines is 1. The highest BCUT2D eigenvalue weighted by Gasteiger charge is 2.23. The molecule has 0 fully saturated rings. The number of aromatic nitrogens is 1. The summed E-state index contributed by atoms with van der Waals surface area (Å²) in [5.74, 6) is 0. The van der Waals surface area contributed by atoms with Crippen molar-refractivity contribution in [3.63, 3.8) is 0 Å². The number of para-hydroxylation sites is 2. The zero-order chi connectivity index (χ0) is 18.6. The molecular formula is C23H25N2S2+. The molecule has 0 unspecified atom stereocenters. The summed E-state index contributed by atoms with van der Waals surface area (Å²) in [5, 5.41) is 2.63. The van der Waals surface area contributed by atoms with Crippen molar-refractivity contribution in [3.8, 4) is 0 Å². The minimum Gasteiger partial charge on any atom is -0.335 e. The number of fused-ring (bicyclic) bond motifs is 2. The van der Waals surface area contributed by atoms with Crippen LogP contribution in [-0.4, -0.2) is 6.54 Å². The molecule has 4 heteroatoms. The van der Waals surface area contributed by atoms with Crippen molar-refractivity contribution >= 4 is 45.1 Å². The fourth-order valence-electron chi connectivity index (χ4n) is 3.48. The van der Waals surface area contributed by atoms with Crippen LogP contribution in [0, 0.1) is 0 Å². The van der Waals surface area contributed by atoms with Gasteiger partial charge in [0.15, 0.2) is 0 Å². The van der Waals surface area contributed by atoms with Gasteiger partial charge in [0.2, 0.25) is 5.52 Å². The summed E-state index contributed by atoms with van der Waals surface area (Å²) >= 11 is 3.74. The van der Waals surface area contributed by atoms with E-state index in [4.69, 9.17) is 0 Å². The van der Waals surface area contributed by atoms with E-state index >= 15 is 0 Å². The van der Waals surface area contributed by atoms with Crippen molar-refractivity contribution in [1.82, 2.24) is 0 Å². The lowest BCUT2D eigenvalue weighted by Crippen LogP contribution is -2.34. The van der Waals surface area contributed by atoms with E-state index in [9.17, 15) is 0 Å². The normalized spacial score (nSPS) is 15.3. The zero-order valence-corrected chi connectivity index (χ0v) is 17.5. The Bertz CT molecular complexity index is 1000. The zero-order valence-electron chi connectivity index (χ0n) is 15.9. The minimum absolute atomic E-state index is 1.06. The maximum atomic E-state index is 2.44. The molecule has 0 radical (unpaired) electrons. The van der Waals surface area contributed by atoms with Gasteiger partial charge >= 0.3 is 0 Å². The Labute approximate surface area is 169 Å². The molecular weight excluding hydrogens is 368 g/mol. The van der Waals surface area contributed by atoms with Gasteiger partial charge in [0.25, 0.3) is 5.01 Å². The lowest BCUT2D eigenvalue weighted by Gasteiger charge is -2.19. The van der Waals surface area contributed by atoms with Gasteiger partial charge < -0.3 is 4.90 Å². The minimum atomic E-state index is 1.06. The van der Waals surface area contributed by atoms with Crippen LogP contribution in [0.15, 0.2) is 70.6 Å². The van der Waals surface area contributed by atoms with Gasteiger partial charge in [0.1, 0.15) is 11.2 Å². The van der Waals surface area contributed by atoms with Gasteiger partial charge in [-0.2, -0.15) is 4.57 Å². The predicted molar refractivity (Wildman–Crippen MR) is 119 cm³/mol. The van der Waals surface area contributed by atoms with Gasteiger partial charge in [-0.05, 0) is 30.7 Å². The molecule has 0 N–H and O–H groups in total. The van der Waals surface area contributed by atoms with E-state index in [1.165, 1.54) is 30.8 Å². The first-order chi connectivity index (χ1) is 13.3. The molecule has 27 heavy (non-hydrogen) atoms. The molecule has 3 aromatic rings. The molecule has 0 amide bonds. The largest absolute Gasteiger partial charge is 0.335 e. The van der Waals surface area contributed by atoms with Crippen LogP contribution in [0.4, 0.5) is 5.69 Å². The number of hydrogen-bond acceptors (Lipinski definition) is 3. The Kier molecular flexibility index (Phi) is 5.65. The third-order valence-corrected chi connectivity index (χ3v) is 6.91. The topological polar surface area (TPSA) is 7.12 Å². The molecule has 0 saturated heterocycles. The van der Waals surface area contributed by atoms with Gasteiger partial charge in [-0.3, -0.25) is 0 Å². The Morgan fingerprint density at radius 2 is 1.81 bits per heavy atom. The van der Waals surface area contributed by atoms with Gasteiger partial charge in [-0.25, -0.2) is 0 Å². The molecule has 1 aliphatic rings. The molecule has 0 saturated carbocycles. The van der Waals surface area contributed by atoms with E-state index in [1.807, 2.05) is 23.1 Å². The first kappa shape index (κ1) is 18.3. The Hall–Kier alpha value is -2.04. The maximum absolute atomic E-state index is 2.44. The summed E-state index contributed by atoms with van der Waals surface area (Å²) in [6.45, 7) is 6.60. The van der Waals surface area contributed by atoms with Crippen molar-refractivity contribution < 1.29 is 4.57 Å². The fourth-order valence-corrected chi connectivity index (χ4v) is 5.68. The number of benzene rings is 2. The van der Waals surface area contributed by atoms with Gasteiger partial charge in [-0.1, -0.05) is 67.3 Å². The second kappa shape index (κ2) is 8.32. The lowest BCUT2D eigenvalue weighted by atomic mass is 10.3. The van der Waals surface area contributed by atoms with Gasteiger partial charge in [0, 0.05) is 30.0 Å². The summed E-state index contributed by atoms with van der Waals surface area (Å²) in [6, 6.07) is 17.4. The summed E-state index contributed by atoms with van der Waals surface area (Å²) in [4.78, 5) is 3.79. The van der Waals surface area contributed by atoms with Gasteiger partial charge in [-0.15, -0.1) is 0 Å². The Balaban J connectivity index is 1.64. The van der Waals surface area contributed by atoms with Crippen molar-refractivity contribution in [2.24, 2.45) is 0 Å². The molecule has 4 rings (SSSR count). The summed E-state index contributed by atoms with van der Waals surface area (Å²) < 4.78 is 3.79. The third kappa shape index (κ3) is 3.69. The lowest BCUT2D eigenvalue weighted by molar-refractivity contribution is -0.668. The molecule has 2 heterocycles. The average Bonchev–Trinajstić information content (AvgIpc) is 3.21. The summed E-state index contributed by atoms with van der Waals surface area (Å²) in [6.07, 6.45) is 9.03. The van der Waals surface area contributed by atoms with Crippen molar-refractivity contribution in [3.05, 3.63) is 70.7 Å². The highest BCUT2D eigenvalue weighted by Crippen LogP contribution is 2.45. The monoisotopic (exact) mass is 393 g/mol. The summed E-state index contributed by atoms with van der Waals surface area (Å²) in [5.41, 5.74) is 2.68. The fraction of sp³-hybridized carbons (Fsp3) is 0.261. The Morgan fingerprint density at radius 3 is 2.67 bits per heavy atom. The van der Waals surface area contributed by atoms with Crippen LogP contribution < -0.4 is 9.47 Å². The highest BCUT2D eigenvalue weighted by molar-refractivity contribution is 8.03. The molecule has 0 bridgehead atoms. The number of thioether (sulfide) groups is 1. The first-order valence-electron chi connectivity index (χ1n) is 9.66. The van der Waals surface area contributed by atoms with E-state index in [2.05, 4.69) is 90.1 Å². The van der Waals surface area contributed by atoms with E-state index in [0.717, 1.165) is 25.9 Å². The predicted octanol–water partition coefficient (Wildman–Crippen LogP) is 6.48. The number of nitrogens with zero attached hydrogens (tertiary/aromatic N) is 2. The molecule has 1 aliphatic heterocycles. The van der Waals surface area contributed by atoms with Gasteiger partial charge in [0.05, 0.1) is 10.7 Å². The van der Waals surface area contributed by atoms with Crippen LogP contribution >= 0.6 is 23.1 Å². The molecule has 2 nitrogen and oxygen atoms in total. The molecule has 138 valence electrons. The maximum Gasteiger partial charge on any atom is 0.262 e. The second-order valence-corrected chi connectivity index (χ2v) is 8.77. The highest BCUT2D eigenvalue weighted by atomic mass is 32.2. The van der Waals surface area contributed by atoms with E-state index in [0.29, 0.717) is 0 Å². The number of rotatable bonds is 6. The van der Waals surface area contributed by atoms with E-state index in [-0.39, 0.29) is 0 Å².